The number of carbonyl (C=O) groups is 1. The van der Waals surface area contributed by atoms with Crippen LogP contribution in [0.5, 0.6) is 0 Å². The molecule has 128 valence electrons. The average molecular weight is 336 g/mol. The molecule has 1 aromatic carbocycles. The summed E-state index contributed by atoms with van der Waals surface area (Å²) >= 11 is 0. The highest BCUT2D eigenvalue weighted by Gasteiger charge is 2.23. The van der Waals surface area contributed by atoms with Gasteiger partial charge in [0.1, 0.15) is 12.3 Å². The molecule has 1 aliphatic rings. The van der Waals surface area contributed by atoms with Crippen LogP contribution in [0.2, 0.25) is 0 Å². The number of benzene rings is 1. The van der Waals surface area contributed by atoms with Crippen LogP contribution in [-0.4, -0.2) is 28.6 Å². The van der Waals surface area contributed by atoms with E-state index in [1.807, 2.05) is 37.3 Å². The van der Waals surface area contributed by atoms with E-state index in [0.717, 1.165) is 34.0 Å². The van der Waals surface area contributed by atoms with Gasteiger partial charge in [-0.2, -0.15) is 0 Å². The highest BCUT2D eigenvalue weighted by atomic mass is 16.6. The van der Waals surface area contributed by atoms with E-state index >= 15 is 0 Å². The molecule has 6 heteroatoms. The van der Waals surface area contributed by atoms with Crippen molar-refractivity contribution in [3.05, 3.63) is 59.5 Å². The van der Waals surface area contributed by atoms with E-state index in [4.69, 9.17) is 4.74 Å². The fourth-order valence-corrected chi connectivity index (χ4v) is 3.07. The maximum absolute atomic E-state index is 11.8. The smallest absolute Gasteiger partial charge is 0.414 e. The summed E-state index contributed by atoms with van der Waals surface area (Å²) in [5.41, 5.74) is 6.03. The first-order valence-corrected chi connectivity index (χ1v) is 8.34. The number of amides is 1. The van der Waals surface area contributed by atoms with E-state index in [9.17, 15) is 4.79 Å². The normalized spacial score (nSPS) is 14.2. The second-order valence-corrected chi connectivity index (χ2v) is 6.25. The minimum absolute atomic E-state index is 0.286. The van der Waals surface area contributed by atoms with Gasteiger partial charge in [-0.1, -0.05) is 12.1 Å². The van der Waals surface area contributed by atoms with E-state index in [1.54, 1.807) is 4.90 Å². The summed E-state index contributed by atoms with van der Waals surface area (Å²) in [5, 5.41) is 3.43. The third-order valence-corrected chi connectivity index (χ3v) is 4.50. The Morgan fingerprint density at radius 2 is 2.12 bits per heavy atom. The lowest BCUT2D eigenvalue weighted by Gasteiger charge is -2.16. The number of pyridine rings is 1. The molecule has 1 fully saturated rings. The van der Waals surface area contributed by atoms with Crippen molar-refractivity contribution in [1.29, 1.82) is 0 Å². The van der Waals surface area contributed by atoms with Crippen LogP contribution >= 0.6 is 0 Å². The first-order valence-electron chi connectivity index (χ1n) is 8.34. The van der Waals surface area contributed by atoms with Gasteiger partial charge in [-0.3, -0.25) is 4.90 Å². The molecule has 0 unspecified atom stereocenters. The molecule has 3 heterocycles. The molecule has 1 N–H and O–H groups in total. The maximum atomic E-state index is 11.8. The maximum Gasteiger partial charge on any atom is 0.414 e. The number of imidazole rings is 1. The molecule has 1 amide bonds. The van der Waals surface area contributed by atoms with Crippen molar-refractivity contribution in [2.24, 2.45) is 0 Å². The number of nitrogens with zero attached hydrogens (tertiary/aromatic N) is 3. The summed E-state index contributed by atoms with van der Waals surface area (Å²) in [6.07, 6.45) is 1.76. The number of hydrogen-bond donors (Lipinski definition) is 1. The van der Waals surface area contributed by atoms with Crippen molar-refractivity contribution in [1.82, 2.24) is 9.38 Å². The zero-order valence-electron chi connectivity index (χ0n) is 14.3. The molecular formula is C19H20N4O2. The summed E-state index contributed by atoms with van der Waals surface area (Å²) in [6, 6.07) is 12.0. The topological polar surface area (TPSA) is 58.9 Å². The van der Waals surface area contributed by atoms with Crippen LogP contribution in [-0.2, 0) is 11.3 Å². The Bertz CT molecular complexity index is 948. The SMILES string of the molecule is Cc1ccc(N2CCOC2=O)cc1NCc1cn2c(C)cccc2n1. The van der Waals surface area contributed by atoms with Gasteiger partial charge in [0.25, 0.3) is 0 Å². The molecule has 25 heavy (non-hydrogen) atoms. The largest absolute Gasteiger partial charge is 0.447 e. The molecule has 4 rings (SSSR count). The summed E-state index contributed by atoms with van der Waals surface area (Å²) < 4.78 is 7.10. The van der Waals surface area contributed by atoms with Crippen molar-refractivity contribution in [2.45, 2.75) is 20.4 Å². The third-order valence-electron chi connectivity index (χ3n) is 4.50. The molecule has 0 spiro atoms. The van der Waals surface area contributed by atoms with Gasteiger partial charge in [-0.15, -0.1) is 0 Å². The average Bonchev–Trinajstić information content (AvgIpc) is 3.21. The molecule has 0 aliphatic carbocycles. The third kappa shape index (κ3) is 2.91. The van der Waals surface area contributed by atoms with Gasteiger partial charge < -0.3 is 14.5 Å². The van der Waals surface area contributed by atoms with Crippen LogP contribution in [0.1, 0.15) is 17.0 Å². The van der Waals surface area contributed by atoms with E-state index < -0.39 is 0 Å². The number of rotatable bonds is 4. The van der Waals surface area contributed by atoms with Gasteiger partial charge in [-0.25, -0.2) is 9.78 Å². The molecule has 1 saturated heterocycles. The first kappa shape index (κ1) is 15.5. The summed E-state index contributed by atoms with van der Waals surface area (Å²) in [5.74, 6) is 0. The molecule has 3 aromatic rings. The second-order valence-electron chi connectivity index (χ2n) is 6.25. The van der Waals surface area contributed by atoms with Crippen LogP contribution < -0.4 is 10.2 Å². The Balaban J connectivity index is 1.55. The number of nitrogens with one attached hydrogen (secondary N) is 1. The molecule has 1 aliphatic heterocycles. The lowest BCUT2D eigenvalue weighted by molar-refractivity contribution is 0.181. The number of aromatic nitrogens is 2. The highest BCUT2D eigenvalue weighted by Crippen LogP contribution is 2.26. The number of ether oxygens (including phenoxy) is 1. The van der Waals surface area contributed by atoms with E-state index in [2.05, 4.69) is 33.9 Å². The number of anilines is 2. The molecule has 6 nitrogen and oxygen atoms in total. The Morgan fingerprint density at radius 1 is 1.24 bits per heavy atom. The molecule has 2 aromatic heterocycles. The Hall–Kier alpha value is -3.02. The van der Waals surface area contributed by atoms with Gasteiger partial charge in [0.2, 0.25) is 0 Å². The Kier molecular flexibility index (Phi) is 3.80. The van der Waals surface area contributed by atoms with Gasteiger partial charge in [-0.05, 0) is 43.7 Å². The molecule has 0 radical (unpaired) electrons. The summed E-state index contributed by atoms with van der Waals surface area (Å²) in [4.78, 5) is 18.0. The van der Waals surface area contributed by atoms with Crippen molar-refractivity contribution >= 4 is 23.1 Å². The van der Waals surface area contributed by atoms with E-state index in [1.165, 1.54) is 0 Å². The van der Waals surface area contributed by atoms with Crippen LogP contribution in [0, 0.1) is 13.8 Å². The van der Waals surface area contributed by atoms with Gasteiger partial charge >= 0.3 is 6.09 Å². The first-order chi connectivity index (χ1) is 12.1. The van der Waals surface area contributed by atoms with Crippen LogP contribution in [0.15, 0.2) is 42.6 Å². The lowest BCUT2D eigenvalue weighted by atomic mass is 10.1. The Morgan fingerprint density at radius 3 is 2.88 bits per heavy atom. The predicted octanol–water partition coefficient (Wildman–Crippen LogP) is 3.52. The quantitative estimate of drug-likeness (QED) is 0.792. The van der Waals surface area contributed by atoms with Gasteiger partial charge in [0, 0.05) is 23.3 Å². The molecular weight excluding hydrogens is 316 g/mol. The number of aryl methyl sites for hydroxylation is 2. The van der Waals surface area contributed by atoms with Crippen molar-refractivity contribution in [3.8, 4) is 0 Å². The number of carbonyl (C=O) groups excluding carboxylic acids is 1. The Labute approximate surface area is 146 Å². The second kappa shape index (κ2) is 6.12. The minimum atomic E-state index is -0.286. The summed E-state index contributed by atoms with van der Waals surface area (Å²) in [7, 11) is 0. The van der Waals surface area contributed by atoms with Crippen molar-refractivity contribution < 1.29 is 9.53 Å². The number of fused-ring (bicyclic) bond motifs is 1. The van der Waals surface area contributed by atoms with E-state index in [0.29, 0.717) is 19.7 Å². The van der Waals surface area contributed by atoms with Crippen LogP contribution in [0.25, 0.3) is 5.65 Å². The predicted molar refractivity (Wildman–Crippen MR) is 97.1 cm³/mol. The summed E-state index contributed by atoms with van der Waals surface area (Å²) in [6.45, 7) is 5.76. The fourth-order valence-electron chi connectivity index (χ4n) is 3.07. The number of cyclic esters (lactones) is 1. The minimum Gasteiger partial charge on any atom is -0.447 e. The number of hydrogen-bond acceptors (Lipinski definition) is 4. The van der Waals surface area contributed by atoms with E-state index in [-0.39, 0.29) is 6.09 Å². The monoisotopic (exact) mass is 336 g/mol. The van der Waals surface area contributed by atoms with Crippen molar-refractivity contribution in [2.75, 3.05) is 23.4 Å². The highest BCUT2D eigenvalue weighted by molar-refractivity contribution is 5.90. The standard InChI is InChI=1S/C19H20N4O2/c1-13-6-7-16(22-8-9-25-19(22)24)10-17(13)20-11-15-12-23-14(2)4-3-5-18(23)21-15/h3-7,10,12,20H,8-9,11H2,1-2H3. The van der Waals surface area contributed by atoms with Crippen LogP contribution in [0.3, 0.4) is 0 Å². The van der Waals surface area contributed by atoms with Crippen LogP contribution in [0.4, 0.5) is 16.2 Å². The van der Waals surface area contributed by atoms with Gasteiger partial charge in [0.05, 0.1) is 18.8 Å². The zero-order chi connectivity index (χ0) is 17.4. The zero-order valence-corrected chi connectivity index (χ0v) is 14.3. The molecule has 0 atom stereocenters. The molecule has 0 saturated carbocycles. The van der Waals surface area contributed by atoms with Crippen molar-refractivity contribution in [3.63, 3.8) is 0 Å². The van der Waals surface area contributed by atoms with Gasteiger partial charge in [0.15, 0.2) is 0 Å². The molecule has 0 bridgehead atoms. The lowest BCUT2D eigenvalue weighted by Crippen LogP contribution is -2.23. The fraction of sp³-hybridized carbons (Fsp3) is 0.263.